The molecule has 0 radical (unpaired) electrons. The molecule has 0 spiro atoms. The molecule has 2 aliphatic heterocycles. The smallest absolute Gasteiger partial charge is 0.357 e. The highest BCUT2D eigenvalue weighted by molar-refractivity contribution is 5.80. The van der Waals surface area contributed by atoms with E-state index < -0.39 is 12.7 Å². The SMILES string of the molecule is CCNC(=NCC1CCN(CC(F)(F)F)C1)NC1CCN(c2ncccc2F)C1. The van der Waals surface area contributed by atoms with Crippen LogP contribution in [0.2, 0.25) is 0 Å². The van der Waals surface area contributed by atoms with E-state index in [9.17, 15) is 17.6 Å². The second-order valence-corrected chi connectivity index (χ2v) is 7.61. The molecule has 29 heavy (non-hydrogen) atoms. The quantitative estimate of drug-likeness (QED) is 0.423. The normalized spacial score (nSPS) is 23.6. The summed E-state index contributed by atoms with van der Waals surface area (Å²) in [6.45, 7) is 4.45. The molecule has 0 amide bonds. The monoisotopic (exact) mass is 416 g/mol. The highest BCUT2D eigenvalue weighted by Gasteiger charge is 2.34. The van der Waals surface area contributed by atoms with Gasteiger partial charge in [-0.2, -0.15) is 13.2 Å². The molecule has 0 bridgehead atoms. The third-order valence-corrected chi connectivity index (χ3v) is 5.19. The van der Waals surface area contributed by atoms with Crippen molar-refractivity contribution < 1.29 is 17.6 Å². The molecule has 2 saturated heterocycles. The molecule has 0 saturated carbocycles. The van der Waals surface area contributed by atoms with E-state index in [1.165, 1.54) is 11.0 Å². The molecule has 1 aromatic rings. The van der Waals surface area contributed by atoms with Crippen LogP contribution in [0.5, 0.6) is 0 Å². The van der Waals surface area contributed by atoms with Gasteiger partial charge >= 0.3 is 6.18 Å². The fourth-order valence-electron chi connectivity index (χ4n) is 3.87. The number of pyridine rings is 1. The molecule has 162 valence electrons. The largest absolute Gasteiger partial charge is 0.401 e. The van der Waals surface area contributed by atoms with Crippen molar-refractivity contribution in [2.45, 2.75) is 32.0 Å². The maximum atomic E-state index is 13.9. The van der Waals surface area contributed by atoms with Gasteiger partial charge in [0, 0.05) is 45.0 Å². The van der Waals surface area contributed by atoms with Crippen LogP contribution in [-0.2, 0) is 0 Å². The summed E-state index contributed by atoms with van der Waals surface area (Å²) in [4.78, 5) is 12.1. The summed E-state index contributed by atoms with van der Waals surface area (Å²) >= 11 is 0. The zero-order chi connectivity index (χ0) is 20.9. The summed E-state index contributed by atoms with van der Waals surface area (Å²) in [5.41, 5.74) is 0. The summed E-state index contributed by atoms with van der Waals surface area (Å²) in [6.07, 6.45) is -1.04. The zero-order valence-corrected chi connectivity index (χ0v) is 16.6. The van der Waals surface area contributed by atoms with Crippen molar-refractivity contribution >= 4 is 11.8 Å². The number of guanidine groups is 1. The molecule has 0 aliphatic carbocycles. The lowest BCUT2D eigenvalue weighted by molar-refractivity contribution is -0.143. The van der Waals surface area contributed by atoms with Gasteiger partial charge in [0.05, 0.1) is 6.54 Å². The van der Waals surface area contributed by atoms with Crippen molar-refractivity contribution in [3.05, 3.63) is 24.1 Å². The highest BCUT2D eigenvalue weighted by atomic mass is 19.4. The van der Waals surface area contributed by atoms with Gasteiger partial charge in [-0.1, -0.05) is 0 Å². The molecular weight excluding hydrogens is 388 g/mol. The first-order chi connectivity index (χ1) is 13.8. The Balaban J connectivity index is 1.51. The Morgan fingerprint density at radius 3 is 2.83 bits per heavy atom. The van der Waals surface area contributed by atoms with Gasteiger partial charge in [-0.05, 0) is 44.4 Å². The Morgan fingerprint density at radius 2 is 2.10 bits per heavy atom. The second kappa shape index (κ2) is 9.60. The number of rotatable bonds is 6. The summed E-state index contributed by atoms with van der Waals surface area (Å²) < 4.78 is 51.5. The van der Waals surface area contributed by atoms with Crippen LogP contribution < -0.4 is 15.5 Å². The fourth-order valence-corrected chi connectivity index (χ4v) is 3.87. The first-order valence-corrected chi connectivity index (χ1v) is 10.0. The predicted octanol–water partition coefficient (Wildman–Crippen LogP) is 2.24. The Bertz CT molecular complexity index is 696. The van der Waals surface area contributed by atoms with Gasteiger partial charge in [-0.25, -0.2) is 9.37 Å². The lowest BCUT2D eigenvalue weighted by Crippen LogP contribution is -2.45. The minimum Gasteiger partial charge on any atom is -0.357 e. The summed E-state index contributed by atoms with van der Waals surface area (Å²) in [6, 6.07) is 3.07. The molecular formula is C19H28F4N6. The van der Waals surface area contributed by atoms with E-state index in [1.54, 1.807) is 12.3 Å². The van der Waals surface area contributed by atoms with E-state index in [2.05, 4.69) is 20.6 Å². The lowest BCUT2D eigenvalue weighted by Gasteiger charge is -2.20. The van der Waals surface area contributed by atoms with Gasteiger partial charge in [0.15, 0.2) is 17.6 Å². The van der Waals surface area contributed by atoms with Gasteiger partial charge in [-0.3, -0.25) is 9.89 Å². The number of likely N-dealkylation sites (tertiary alicyclic amines) is 1. The third-order valence-electron chi connectivity index (χ3n) is 5.19. The Kier molecular flexibility index (Phi) is 7.15. The van der Waals surface area contributed by atoms with Crippen molar-refractivity contribution in [3.8, 4) is 0 Å². The lowest BCUT2D eigenvalue weighted by atomic mass is 10.1. The summed E-state index contributed by atoms with van der Waals surface area (Å²) in [7, 11) is 0. The molecule has 3 rings (SSSR count). The molecule has 0 aromatic carbocycles. The van der Waals surface area contributed by atoms with E-state index in [0.29, 0.717) is 51.0 Å². The van der Waals surface area contributed by atoms with Crippen LogP contribution in [0.1, 0.15) is 19.8 Å². The molecule has 10 heteroatoms. The molecule has 1 aromatic heterocycles. The maximum absolute atomic E-state index is 13.9. The Hall–Kier alpha value is -2.10. The number of halogens is 4. The minimum absolute atomic E-state index is 0.0968. The zero-order valence-electron chi connectivity index (χ0n) is 16.6. The van der Waals surface area contributed by atoms with Crippen LogP contribution >= 0.6 is 0 Å². The van der Waals surface area contributed by atoms with Gasteiger partial charge in [0.1, 0.15) is 0 Å². The number of hydrogen-bond donors (Lipinski definition) is 2. The van der Waals surface area contributed by atoms with Crippen LogP contribution in [0, 0.1) is 11.7 Å². The second-order valence-electron chi connectivity index (χ2n) is 7.61. The standard InChI is InChI=1S/C19H28F4N6/c1-2-24-18(26-10-14-5-8-28(11-14)13-19(21,22)23)27-15-6-9-29(12-15)17-16(20)4-3-7-25-17/h3-4,7,14-15H,2,5-6,8-13H2,1H3,(H2,24,26,27). The Labute approximate surface area is 168 Å². The van der Waals surface area contributed by atoms with Crippen molar-refractivity contribution in [2.24, 2.45) is 10.9 Å². The van der Waals surface area contributed by atoms with Crippen molar-refractivity contribution in [1.29, 1.82) is 0 Å². The topological polar surface area (TPSA) is 55.8 Å². The molecule has 2 fully saturated rings. The summed E-state index contributed by atoms with van der Waals surface area (Å²) in [5.74, 6) is 0.790. The van der Waals surface area contributed by atoms with E-state index >= 15 is 0 Å². The number of hydrogen-bond acceptors (Lipinski definition) is 4. The van der Waals surface area contributed by atoms with Crippen LogP contribution in [0.3, 0.4) is 0 Å². The molecule has 2 unspecified atom stereocenters. The predicted molar refractivity (Wildman–Crippen MR) is 105 cm³/mol. The highest BCUT2D eigenvalue weighted by Crippen LogP contribution is 2.23. The van der Waals surface area contributed by atoms with Gasteiger partial charge < -0.3 is 15.5 Å². The average Bonchev–Trinajstić information content (AvgIpc) is 3.28. The van der Waals surface area contributed by atoms with E-state index in [1.807, 2.05) is 11.8 Å². The van der Waals surface area contributed by atoms with Crippen molar-refractivity contribution in [1.82, 2.24) is 20.5 Å². The fraction of sp³-hybridized carbons (Fsp3) is 0.684. The summed E-state index contributed by atoms with van der Waals surface area (Å²) in [5, 5.41) is 6.55. The van der Waals surface area contributed by atoms with E-state index in [0.717, 1.165) is 12.8 Å². The number of aliphatic imine (C=N–C) groups is 1. The van der Waals surface area contributed by atoms with Crippen molar-refractivity contribution in [3.63, 3.8) is 0 Å². The number of anilines is 1. The van der Waals surface area contributed by atoms with Gasteiger partial charge in [0.2, 0.25) is 0 Å². The average molecular weight is 416 g/mol. The first-order valence-electron chi connectivity index (χ1n) is 10.0. The van der Waals surface area contributed by atoms with Gasteiger partial charge in [-0.15, -0.1) is 0 Å². The van der Waals surface area contributed by atoms with Gasteiger partial charge in [0.25, 0.3) is 0 Å². The number of nitrogens with zero attached hydrogens (tertiary/aromatic N) is 4. The Morgan fingerprint density at radius 1 is 1.28 bits per heavy atom. The molecule has 2 aliphatic rings. The van der Waals surface area contributed by atoms with Crippen LogP contribution in [0.25, 0.3) is 0 Å². The third kappa shape index (κ3) is 6.45. The molecule has 3 heterocycles. The van der Waals surface area contributed by atoms with Crippen LogP contribution in [0.4, 0.5) is 23.4 Å². The molecule has 6 nitrogen and oxygen atoms in total. The number of alkyl halides is 3. The van der Waals surface area contributed by atoms with E-state index in [4.69, 9.17) is 0 Å². The minimum atomic E-state index is -4.16. The molecule has 2 N–H and O–H groups in total. The van der Waals surface area contributed by atoms with Crippen molar-refractivity contribution in [2.75, 3.05) is 50.7 Å². The maximum Gasteiger partial charge on any atom is 0.401 e. The molecule has 2 atom stereocenters. The van der Waals surface area contributed by atoms with Crippen LogP contribution in [0.15, 0.2) is 23.3 Å². The number of nitrogens with one attached hydrogen (secondary N) is 2. The van der Waals surface area contributed by atoms with Crippen LogP contribution in [-0.4, -0.2) is 73.9 Å². The first kappa shape index (κ1) is 21.6. The number of aromatic nitrogens is 1. The van der Waals surface area contributed by atoms with E-state index in [-0.39, 0.29) is 17.8 Å².